The van der Waals surface area contributed by atoms with Crippen LogP contribution < -0.4 is 5.32 Å². The summed E-state index contributed by atoms with van der Waals surface area (Å²) in [7, 11) is 0. The Hall–Kier alpha value is -1.40. The maximum Gasteiger partial charge on any atom is 0.123 e. The van der Waals surface area contributed by atoms with E-state index in [0.29, 0.717) is 13.0 Å². The Labute approximate surface area is 102 Å². The van der Waals surface area contributed by atoms with Gasteiger partial charge in [-0.25, -0.2) is 4.39 Å². The number of unbranched alkanes of at least 4 members (excludes halogenated alkanes) is 1. The maximum atomic E-state index is 12.8. The Kier molecular flexibility index (Phi) is 6.27. The van der Waals surface area contributed by atoms with Crippen molar-refractivity contribution in [1.82, 2.24) is 5.32 Å². The molecule has 0 radical (unpaired) electrons. The molecular formula is C14H19FN2. The Morgan fingerprint density at radius 3 is 2.65 bits per heavy atom. The quantitative estimate of drug-likeness (QED) is 0.732. The normalized spacial score (nSPS) is 12.1. The fourth-order valence-corrected chi connectivity index (χ4v) is 1.79. The molecule has 1 aromatic carbocycles. The van der Waals surface area contributed by atoms with Gasteiger partial charge in [0.2, 0.25) is 0 Å². The minimum Gasteiger partial charge on any atom is -0.309 e. The van der Waals surface area contributed by atoms with E-state index < -0.39 is 0 Å². The van der Waals surface area contributed by atoms with E-state index in [1.54, 1.807) is 0 Å². The fraction of sp³-hybridized carbons (Fsp3) is 0.500. The van der Waals surface area contributed by atoms with E-state index in [2.05, 4.69) is 18.3 Å². The molecule has 0 aliphatic rings. The molecule has 1 unspecified atom stereocenters. The van der Waals surface area contributed by atoms with Gasteiger partial charge in [0.15, 0.2) is 0 Å². The van der Waals surface area contributed by atoms with Crippen molar-refractivity contribution < 1.29 is 4.39 Å². The zero-order valence-corrected chi connectivity index (χ0v) is 10.2. The molecule has 0 aliphatic heterocycles. The van der Waals surface area contributed by atoms with Gasteiger partial charge in [-0.05, 0) is 24.1 Å². The SMILES string of the molecule is CCCCC(NCCC#N)c1ccc(F)cc1. The number of nitriles is 1. The molecule has 0 heterocycles. The average molecular weight is 234 g/mol. The summed E-state index contributed by atoms with van der Waals surface area (Å²) in [6.45, 7) is 2.83. The summed E-state index contributed by atoms with van der Waals surface area (Å²) in [5.74, 6) is -0.208. The molecule has 0 aromatic heterocycles. The van der Waals surface area contributed by atoms with Crippen LogP contribution in [0, 0.1) is 17.1 Å². The molecule has 0 bridgehead atoms. The average Bonchev–Trinajstić information content (AvgIpc) is 2.35. The van der Waals surface area contributed by atoms with E-state index >= 15 is 0 Å². The first-order valence-corrected chi connectivity index (χ1v) is 6.13. The predicted molar refractivity (Wildman–Crippen MR) is 66.9 cm³/mol. The van der Waals surface area contributed by atoms with Gasteiger partial charge in [-0.3, -0.25) is 0 Å². The van der Waals surface area contributed by atoms with Crippen molar-refractivity contribution >= 4 is 0 Å². The summed E-state index contributed by atoms with van der Waals surface area (Å²) < 4.78 is 12.8. The van der Waals surface area contributed by atoms with Crippen molar-refractivity contribution in [3.8, 4) is 6.07 Å². The third-order valence-electron chi connectivity index (χ3n) is 2.75. The van der Waals surface area contributed by atoms with Crippen LogP contribution in [0.1, 0.15) is 44.2 Å². The zero-order chi connectivity index (χ0) is 12.5. The highest BCUT2D eigenvalue weighted by Crippen LogP contribution is 2.19. The molecule has 1 rings (SSSR count). The van der Waals surface area contributed by atoms with Crippen molar-refractivity contribution in [3.63, 3.8) is 0 Å². The number of rotatable bonds is 7. The molecule has 0 aliphatic carbocycles. The van der Waals surface area contributed by atoms with Crippen LogP contribution in [0.3, 0.4) is 0 Å². The van der Waals surface area contributed by atoms with Gasteiger partial charge in [-0.1, -0.05) is 31.9 Å². The van der Waals surface area contributed by atoms with E-state index in [9.17, 15) is 4.39 Å². The Morgan fingerprint density at radius 2 is 2.06 bits per heavy atom. The highest BCUT2D eigenvalue weighted by molar-refractivity contribution is 5.19. The standard InChI is InChI=1S/C14H19FN2/c1-2-3-5-14(17-11-4-10-16)12-6-8-13(15)9-7-12/h6-9,14,17H,2-5,11H2,1H3. The molecule has 0 spiro atoms. The lowest BCUT2D eigenvalue weighted by Gasteiger charge is -2.18. The molecule has 3 heteroatoms. The molecule has 0 saturated carbocycles. The minimum atomic E-state index is -0.208. The fourth-order valence-electron chi connectivity index (χ4n) is 1.79. The van der Waals surface area contributed by atoms with Crippen molar-refractivity contribution in [2.24, 2.45) is 0 Å². The third kappa shape index (κ3) is 4.97. The van der Waals surface area contributed by atoms with Gasteiger partial charge in [-0.15, -0.1) is 0 Å². The molecule has 92 valence electrons. The number of nitrogens with one attached hydrogen (secondary N) is 1. The molecule has 17 heavy (non-hydrogen) atoms. The zero-order valence-electron chi connectivity index (χ0n) is 10.2. The van der Waals surface area contributed by atoms with Crippen LogP contribution in [0.4, 0.5) is 4.39 Å². The summed E-state index contributed by atoms with van der Waals surface area (Å²) in [4.78, 5) is 0. The third-order valence-corrected chi connectivity index (χ3v) is 2.75. The van der Waals surface area contributed by atoms with Crippen LogP contribution in [0.15, 0.2) is 24.3 Å². The molecular weight excluding hydrogens is 215 g/mol. The van der Waals surface area contributed by atoms with Crippen molar-refractivity contribution in [2.45, 2.75) is 38.6 Å². The van der Waals surface area contributed by atoms with Gasteiger partial charge in [0.05, 0.1) is 6.07 Å². The number of hydrogen-bond acceptors (Lipinski definition) is 2. The van der Waals surface area contributed by atoms with Crippen LogP contribution >= 0.6 is 0 Å². The van der Waals surface area contributed by atoms with Crippen LogP contribution in [0.25, 0.3) is 0 Å². The van der Waals surface area contributed by atoms with E-state index in [4.69, 9.17) is 5.26 Å². The minimum absolute atomic E-state index is 0.208. The summed E-state index contributed by atoms with van der Waals surface area (Å²) in [5.41, 5.74) is 1.10. The largest absolute Gasteiger partial charge is 0.309 e. The second kappa shape index (κ2) is 7.81. The molecule has 2 nitrogen and oxygen atoms in total. The lowest BCUT2D eigenvalue weighted by Crippen LogP contribution is -2.22. The van der Waals surface area contributed by atoms with Crippen LogP contribution in [-0.4, -0.2) is 6.54 Å². The maximum absolute atomic E-state index is 12.8. The number of nitrogens with zero attached hydrogens (tertiary/aromatic N) is 1. The summed E-state index contributed by atoms with van der Waals surface area (Å²) in [6, 6.07) is 8.94. The van der Waals surface area contributed by atoms with Gasteiger partial charge in [0, 0.05) is 19.0 Å². The molecule has 0 fully saturated rings. The Morgan fingerprint density at radius 1 is 1.35 bits per heavy atom. The van der Waals surface area contributed by atoms with E-state index in [1.807, 2.05) is 12.1 Å². The Balaban J connectivity index is 2.61. The van der Waals surface area contributed by atoms with Crippen molar-refractivity contribution in [3.05, 3.63) is 35.6 Å². The van der Waals surface area contributed by atoms with Crippen LogP contribution in [0.2, 0.25) is 0 Å². The molecule has 1 N–H and O–H groups in total. The van der Waals surface area contributed by atoms with Gasteiger partial charge in [0.1, 0.15) is 5.82 Å². The van der Waals surface area contributed by atoms with E-state index in [0.717, 1.165) is 24.8 Å². The lowest BCUT2D eigenvalue weighted by molar-refractivity contribution is 0.486. The second-order valence-corrected chi connectivity index (χ2v) is 4.11. The summed E-state index contributed by atoms with van der Waals surface area (Å²) >= 11 is 0. The van der Waals surface area contributed by atoms with Gasteiger partial charge in [-0.2, -0.15) is 5.26 Å². The molecule has 1 atom stereocenters. The Bertz CT molecular complexity index is 353. The smallest absolute Gasteiger partial charge is 0.123 e. The molecule has 1 aromatic rings. The van der Waals surface area contributed by atoms with E-state index in [1.165, 1.54) is 12.1 Å². The van der Waals surface area contributed by atoms with Gasteiger partial charge in [0.25, 0.3) is 0 Å². The van der Waals surface area contributed by atoms with Gasteiger partial charge >= 0.3 is 0 Å². The highest BCUT2D eigenvalue weighted by Gasteiger charge is 2.09. The topological polar surface area (TPSA) is 35.8 Å². The number of benzene rings is 1. The molecule has 0 amide bonds. The first-order valence-electron chi connectivity index (χ1n) is 6.13. The van der Waals surface area contributed by atoms with Crippen LogP contribution in [0.5, 0.6) is 0 Å². The summed E-state index contributed by atoms with van der Waals surface area (Å²) in [6.07, 6.45) is 3.79. The lowest BCUT2D eigenvalue weighted by atomic mass is 10.0. The number of hydrogen-bond donors (Lipinski definition) is 1. The summed E-state index contributed by atoms with van der Waals surface area (Å²) in [5, 5.41) is 11.9. The second-order valence-electron chi connectivity index (χ2n) is 4.11. The first-order chi connectivity index (χ1) is 8.27. The first kappa shape index (κ1) is 13.7. The predicted octanol–water partition coefficient (Wildman–Crippen LogP) is 3.56. The van der Waals surface area contributed by atoms with Crippen molar-refractivity contribution in [2.75, 3.05) is 6.54 Å². The highest BCUT2D eigenvalue weighted by atomic mass is 19.1. The number of halogens is 1. The van der Waals surface area contributed by atoms with Crippen LogP contribution in [-0.2, 0) is 0 Å². The van der Waals surface area contributed by atoms with Crippen molar-refractivity contribution in [1.29, 1.82) is 5.26 Å². The monoisotopic (exact) mass is 234 g/mol. The van der Waals surface area contributed by atoms with Gasteiger partial charge < -0.3 is 5.32 Å². The van der Waals surface area contributed by atoms with E-state index in [-0.39, 0.29) is 11.9 Å². The molecule has 0 saturated heterocycles.